The van der Waals surface area contributed by atoms with E-state index in [-0.39, 0.29) is 36.5 Å². The molecule has 2 aliphatic rings. The van der Waals surface area contributed by atoms with Gasteiger partial charge in [-0.1, -0.05) is 30.3 Å². The third-order valence-corrected chi connectivity index (χ3v) is 6.39. The van der Waals surface area contributed by atoms with Gasteiger partial charge >= 0.3 is 6.09 Å². The first kappa shape index (κ1) is 21.9. The molecule has 0 radical (unpaired) electrons. The van der Waals surface area contributed by atoms with Crippen LogP contribution in [0, 0.1) is 17.6 Å². The number of benzene rings is 2. The normalized spacial score (nSPS) is 20.8. The second-order valence-electron chi connectivity index (χ2n) is 8.16. The van der Waals surface area contributed by atoms with Crippen LogP contribution in [-0.2, 0) is 19.7 Å². The van der Waals surface area contributed by atoms with E-state index in [1.165, 1.54) is 12.1 Å². The number of carbonyl (C=O) groups excluding carboxylic acids is 3. The third-order valence-electron chi connectivity index (χ3n) is 6.39. The fraction of sp³-hybridized carbons (Fsp3) is 0.348. The van der Waals surface area contributed by atoms with Gasteiger partial charge in [0.25, 0.3) is 0 Å². The van der Waals surface area contributed by atoms with Crippen molar-refractivity contribution < 1.29 is 27.9 Å². The number of piperidine rings is 1. The quantitative estimate of drug-likeness (QED) is 0.592. The van der Waals surface area contributed by atoms with Crippen molar-refractivity contribution in [1.29, 1.82) is 0 Å². The molecule has 2 fully saturated rings. The lowest BCUT2D eigenvalue weighted by Crippen LogP contribution is -2.57. The van der Waals surface area contributed by atoms with E-state index in [1.807, 2.05) is 18.2 Å². The number of imide groups is 1. The lowest BCUT2D eigenvalue weighted by Gasteiger charge is -2.46. The van der Waals surface area contributed by atoms with Crippen molar-refractivity contribution in [3.63, 3.8) is 0 Å². The minimum absolute atomic E-state index is 0.00514. The highest BCUT2D eigenvalue weighted by atomic mass is 19.1. The Balaban J connectivity index is 1.83. The maximum atomic E-state index is 15.3. The van der Waals surface area contributed by atoms with E-state index in [9.17, 15) is 14.4 Å². The number of rotatable bonds is 6. The number of hydrogen-bond acceptors (Lipinski definition) is 5. The first-order valence-electron chi connectivity index (χ1n) is 10.3. The Morgan fingerprint density at radius 1 is 1.09 bits per heavy atom. The average Bonchev–Trinajstić information content (AvgIpc) is 2.71. The summed E-state index contributed by atoms with van der Waals surface area (Å²) in [5.74, 6) is -4.18. The Morgan fingerprint density at radius 2 is 1.75 bits per heavy atom. The van der Waals surface area contributed by atoms with Crippen LogP contribution in [0.15, 0.2) is 42.5 Å². The van der Waals surface area contributed by atoms with Crippen LogP contribution >= 0.6 is 0 Å². The van der Waals surface area contributed by atoms with Gasteiger partial charge in [0, 0.05) is 31.0 Å². The van der Waals surface area contributed by atoms with E-state index >= 15 is 8.78 Å². The first-order valence-corrected chi connectivity index (χ1v) is 10.3. The molecule has 2 atom stereocenters. The monoisotopic (exact) mass is 443 g/mol. The molecule has 0 aromatic heterocycles. The van der Waals surface area contributed by atoms with Crippen molar-refractivity contribution in [2.24, 2.45) is 11.7 Å². The van der Waals surface area contributed by atoms with Crippen LogP contribution in [0.1, 0.15) is 35.4 Å². The average molecular weight is 443 g/mol. The maximum Gasteiger partial charge on any atom is 0.404 e. The molecule has 3 amide bonds. The highest BCUT2D eigenvalue weighted by Gasteiger charge is 2.47. The summed E-state index contributed by atoms with van der Waals surface area (Å²) in [5, 5.41) is 5.28. The van der Waals surface area contributed by atoms with Gasteiger partial charge in [-0.05, 0) is 29.7 Å². The van der Waals surface area contributed by atoms with E-state index in [0.29, 0.717) is 13.1 Å². The smallest absolute Gasteiger partial charge is 0.404 e. The molecule has 2 aromatic rings. The summed E-state index contributed by atoms with van der Waals surface area (Å²) in [4.78, 5) is 35.1. The molecule has 32 heavy (non-hydrogen) atoms. The number of amides is 3. The second-order valence-corrected chi connectivity index (χ2v) is 8.16. The van der Waals surface area contributed by atoms with Gasteiger partial charge in [0.1, 0.15) is 18.2 Å². The number of hydrogen-bond donors (Lipinski definition) is 3. The molecular weight excluding hydrogens is 420 g/mol. The topological polar surface area (TPSA) is 111 Å². The molecule has 2 aromatic carbocycles. The highest BCUT2D eigenvalue weighted by Crippen LogP contribution is 2.43. The molecule has 2 saturated heterocycles. The number of primary amides is 1. The molecular formula is C23H23F2N3O4. The van der Waals surface area contributed by atoms with Gasteiger partial charge in [-0.3, -0.25) is 14.9 Å². The summed E-state index contributed by atoms with van der Waals surface area (Å²) < 4.78 is 35.9. The summed E-state index contributed by atoms with van der Waals surface area (Å²) in [6.07, 6.45) is -0.955. The van der Waals surface area contributed by atoms with Gasteiger partial charge in [-0.15, -0.1) is 0 Å². The minimum Gasteiger partial charge on any atom is -0.448 e. The zero-order chi connectivity index (χ0) is 22.9. The van der Waals surface area contributed by atoms with Crippen LogP contribution in [0.25, 0.3) is 0 Å². The molecule has 4 N–H and O–H groups in total. The van der Waals surface area contributed by atoms with Crippen molar-refractivity contribution in [3.8, 4) is 0 Å². The molecule has 7 nitrogen and oxygen atoms in total. The number of halogens is 2. The number of ether oxygens (including phenoxy) is 1. The molecule has 0 aliphatic carbocycles. The van der Waals surface area contributed by atoms with Crippen LogP contribution in [0.2, 0.25) is 0 Å². The summed E-state index contributed by atoms with van der Waals surface area (Å²) in [6, 6.07) is 11.4. The van der Waals surface area contributed by atoms with Crippen LogP contribution in [0.4, 0.5) is 13.6 Å². The van der Waals surface area contributed by atoms with Crippen LogP contribution < -0.4 is 16.4 Å². The highest BCUT2D eigenvalue weighted by molar-refractivity contribution is 6.01. The van der Waals surface area contributed by atoms with Gasteiger partial charge in [0.15, 0.2) is 0 Å². The van der Waals surface area contributed by atoms with Gasteiger partial charge in [0.2, 0.25) is 11.8 Å². The standard InChI is InChI=1S/C23H23F2N3O4/c24-17-8-14(9-18(25)20(17)16-6-7-19(29)28-21(16)30)23(12-32-22(26)31,15-10-27-11-15)13-4-2-1-3-5-13/h1-5,8-9,15-16,27H,6-7,10-12H2,(H2,26,31)(H,28,29,30)/t16-,23+/m0/s1. The Labute approximate surface area is 183 Å². The number of nitrogens with one attached hydrogen (secondary N) is 2. The van der Waals surface area contributed by atoms with Crippen LogP contribution in [0.5, 0.6) is 0 Å². The molecule has 4 rings (SSSR count). The zero-order valence-electron chi connectivity index (χ0n) is 17.2. The predicted octanol–water partition coefficient (Wildman–Crippen LogP) is 2.09. The molecule has 2 heterocycles. The van der Waals surface area contributed by atoms with Crippen molar-refractivity contribution >= 4 is 17.9 Å². The van der Waals surface area contributed by atoms with E-state index in [4.69, 9.17) is 10.5 Å². The number of carbonyl (C=O) groups is 3. The molecule has 0 unspecified atom stereocenters. The van der Waals surface area contributed by atoms with E-state index in [1.54, 1.807) is 12.1 Å². The SMILES string of the molecule is NC(=O)OC[C@@](c1ccccc1)(c1cc(F)c([C@@H]2CCC(=O)NC2=O)c(F)c1)C1CNC1. The van der Waals surface area contributed by atoms with Gasteiger partial charge in [-0.2, -0.15) is 0 Å². The van der Waals surface area contributed by atoms with Crippen molar-refractivity contribution in [3.05, 3.63) is 70.8 Å². The second kappa shape index (κ2) is 8.66. The maximum absolute atomic E-state index is 15.3. The number of nitrogens with two attached hydrogens (primary N) is 1. The van der Waals surface area contributed by atoms with Gasteiger partial charge < -0.3 is 15.8 Å². The molecule has 0 bridgehead atoms. The fourth-order valence-electron chi connectivity index (χ4n) is 4.62. The van der Waals surface area contributed by atoms with Crippen LogP contribution in [-0.4, -0.2) is 37.6 Å². The van der Waals surface area contributed by atoms with E-state index in [2.05, 4.69) is 10.6 Å². The minimum atomic E-state index is -1.10. The fourth-order valence-corrected chi connectivity index (χ4v) is 4.62. The van der Waals surface area contributed by atoms with E-state index in [0.717, 1.165) is 5.56 Å². The molecule has 0 saturated carbocycles. The third kappa shape index (κ3) is 3.84. The van der Waals surface area contributed by atoms with Crippen LogP contribution in [0.3, 0.4) is 0 Å². The largest absolute Gasteiger partial charge is 0.448 e. The summed E-state index contributed by atoms with van der Waals surface area (Å²) in [7, 11) is 0. The van der Waals surface area contributed by atoms with Gasteiger partial charge in [-0.25, -0.2) is 13.6 Å². The Bertz CT molecular complexity index is 1040. The summed E-state index contributed by atoms with van der Waals surface area (Å²) in [5.41, 5.74) is 4.81. The Hall–Kier alpha value is -3.33. The lowest BCUT2D eigenvalue weighted by atomic mass is 9.63. The Morgan fingerprint density at radius 3 is 2.28 bits per heavy atom. The zero-order valence-corrected chi connectivity index (χ0v) is 17.2. The summed E-state index contributed by atoms with van der Waals surface area (Å²) in [6.45, 7) is 0.902. The molecule has 9 heteroatoms. The lowest BCUT2D eigenvalue weighted by molar-refractivity contribution is -0.134. The van der Waals surface area contributed by atoms with Crippen molar-refractivity contribution in [2.75, 3.05) is 19.7 Å². The molecule has 168 valence electrons. The van der Waals surface area contributed by atoms with Gasteiger partial charge in [0.05, 0.1) is 11.3 Å². The molecule has 2 aliphatic heterocycles. The predicted molar refractivity (Wildman–Crippen MR) is 111 cm³/mol. The Kier molecular flexibility index (Phi) is 5.92. The van der Waals surface area contributed by atoms with Crippen molar-refractivity contribution in [1.82, 2.24) is 10.6 Å². The first-order chi connectivity index (χ1) is 15.3. The molecule has 0 spiro atoms. The summed E-state index contributed by atoms with van der Waals surface area (Å²) >= 11 is 0. The van der Waals surface area contributed by atoms with Crippen molar-refractivity contribution in [2.45, 2.75) is 24.2 Å². The van der Waals surface area contributed by atoms with E-state index < -0.39 is 40.9 Å².